The zero-order valence-corrected chi connectivity index (χ0v) is 20.6. The number of carboxylic acid groups (broad SMARTS) is 1. The molecule has 0 fully saturated rings. The maximum Gasteiger partial charge on any atom is 0.336 e. The van der Waals surface area contributed by atoms with Crippen LogP contribution in [0, 0.1) is 5.41 Å². The maximum atomic E-state index is 12.5. The summed E-state index contributed by atoms with van der Waals surface area (Å²) in [5.41, 5.74) is 8.95. The number of nitrogen functional groups attached to an aromatic ring is 1. The van der Waals surface area contributed by atoms with Gasteiger partial charge in [0, 0.05) is 22.1 Å². The number of amides is 1. The van der Waals surface area contributed by atoms with Gasteiger partial charge in [0.1, 0.15) is 0 Å². The highest BCUT2D eigenvalue weighted by Crippen LogP contribution is 2.45. The molecule has 0 aromatic heterocycles. The summed E-state index contributed by atoms with van der Waals surface area (Å²) in [4.78, 5) is 22.6. The number of nitrogens with two attached hydrogens (primary N) is 2. The molecule has 16 heteroatoms. The number of nitrogens with one attached hydrogen (secondary N) is 2. The fourth-order valence-electron chi connectivity index (χ4n) is 4.07. The van der Waals surface area contributed by atoms with Crippen molar-refractivity contribution >= 4 is 48.8 Å². The number of fused-ring (bicyclic) bond motifs is 2. The van der Waals surface area contributed by atoms with E-state index in [2.05, 4.69) is 5.32 Å². The van der Waals surface area contributed by atoms with E-state index in [0.717, 1.165) is 24.3 Å². The molecule has 1 aliphatic carbocycles. The van der Waals surface area contributed by atoms with E-state index in [1.165, 1.54) is 18.2 Å². The topological polar surface area (TPSA) is 264 Å². The van der Waals surface area contributed by atoms with Gasteiger partial charge >= 0.3 is 5.97 Å². The Bertz CT molecular complexity index is 1910. The number of hydrogen-bond donors (Lipinski definition) is 7. The fraction of sp³-hybridized carbons (Fsp3) is 0.0455. The van der Waals surface area contributed by atoms with Crippen molar-refractivity contribution in [2.24, 2.45) is 5.73 Å². The molecular weight excluding hydrogens is 544 g/mol. The molecule has 0 bridgehead atoms. The number of aromatic carboxylic acids is 1. The van der Waals surface area contributed by atoms with E-state index >= 15 is 0 Å². The van der Waals surface area contributed by atoms with Crippen LogP contribution in [0.5, 0.6) is 0 Å². The Kier molecular flexibility index (Phi) is 6.46. The number of carboxylic acids is 1. The van der Waals surface area contributed by atoms with Crippen LogP contribution >= 0.6 is 0 Å². The molecule has 38 heavy (non-hydrogen) atoms. The summed E-state index contributed by atoms with van der Waals surface area (Å²) in [7, 11) is -10.3. The lowest BCUT2D eigenvalue weighted by Crippen LogP contribution is -2.29. The Morgan fingerprint density at radius 3 is 2.18 bits per heavy atom. The minimum absolute atomic E-state index is 0.0601. The third-order valence-electron chi connectivity index (χ3n) is 5.56. The van der Waals surface area contributed by atoms with Crippen molar-refractivity contribution in [3.05, 3.63) is 58.9 Å². The van der Waals surface area contributed by atoms with Gasteiger partial charge in [0.15, 0.2) is 21.1 Å². The number of hydrogen-bond acceptors (Lipinski definition) is 10. The zero-order valence-electron chi connectivity index (χ0n) is 18.9. The van der Waals surface area contributed by atoms with Crippen molar-refractivity contribution in [1.82, 2.24) is 5.32 Å². The van der Waals surface area contributed by atoms with Crippen LogP contribution in [-0.4, -0.2) is 49.6 Å². The monoisotopic (exact) mass is 562 g/mol. The molecule has 2 aromatic carbocycles. The van der Waals surface area contributed by atoms with Gasteiger partial charge in [-0.05, 0) is 48.0 Å². The minimum Gasteiger partial charge on any atom is -0.478 e. The Hall–Kier alpha value is -4.35. The molecule has 0 saturated carbocycles. The van der Waals surface area contributed by atoms with Crippen molar-refractivity contribution in [3.63, 3.8) is 0 Å². The van der Waals surface area contributed by atoms with Crippen LogP contribution in [0.2, 0.25) is 0 Å². The SMILES string of the molecule is N=c1ccc2c(-c3cc(C(=O)NCN)ccc3C(=O)O)c3ccc(N)c(S(=O)(=O)O)c3oc-2c1S(=O)(=O)O. The average Bonchev–Trinajstić information content (AvgIpc) is 2.80. The van der Waals surface area contributed by atoms with Gasteiger partial charge in [-0.3, -0.25) is 19.3 Å². The van der Waals surface area contributed by atoms with Crippen LogP contribution in [0.4, 0.5) is 5.69 Å². The number of carbonyl (C=O) groups excluding carboxylic acids is 1. The molecule has 1 aliphatic heterocycles. The van der Waals surface area contributed by atoms with E-state index < -0.39 is 69.9 Å². The number of benzene rings is 3. The second kappa shape index (κ2) is 9.19. The zero-order chi connectivity index (χ0) is 28.2. The minimum atomic E-state index is -5.16. The molecule has 0 saturated heterocycles. The number of carbonyl (C=O) groups is 2. The summed E-state index contributed by atoms with van der Waals surface area (Å²) >= 11 is 0. The lowest BCUT2D eigenvalue weighted by molar-refractivity contribution is 0.0697. The third-order valence-corrected chi connectivity index (χ3v) is 7.42. The summed E-state index contributed by atoms with van der Waals surface area (Å²) in [6.07, 6.45) is 0. The first-order valence-corrected chi connectivity index (χ1v) is 13.2. The molecule has 9 N–H and O–H groups in total. The largest absolute Gasteiger partial charge is 0.478 e. The van der Waals surface area contributed by atoms with Crippen LogP contribution < -0.4 is 22.1 Å². The lowest BCUT2D eigenvalue weighted by Gasteiger charge is -2.20. The summed E-state index contributed by atoms with van der Waals surface area (Å²) in [6.45, 7) is -0.244. The first-order valence-electron chi connectivity index (χ1n) is 10.3. The molecule has 0 unspecified atom stereocenters. The highest BCUT2D eigenvalue weighted by Gasteiger charge is 2.32. The van der Waals surface area contributed by atoms with Gasteiger partial charge in [-0.25, -0.2) is 4.79 Å². The van der Waals surface area contributed by atoms with Gasteiger partial charge in [-0.2, -0.15) is 16.8 Å². The van der Waals surface area contributed by atoms with E-state index in [0.29, 0.717) is 0 Å². The fourth-order valence-corrected chi connectivity index (χ4v) is 5.55. The molecule has 14 nitrogen and oxygen atoms in total. The third kappa shape index (κ3) is 4.46. The highest BCUT2D eigenvalue weighted by molar-refractivity contribution is 7.86. The highest BCUT2D eigenvalue weighted by atomic mass is 32.2. The van der Waals surface area contributed by atoms with Crippen LogP contribution in [0.25, 0.3) is 33.4 Å². The second-order valence-electron chi connectivity index (χ2n) is 7.88. The Morgan fingerprint density at radius 2 is 1.61 bits per heavy atom. The van der Waals surface area contributed by atoms with Crippen LogP contribution in [0.1, 0.15) is 20.7 Å². The second-order valence-corrected chi connectivity index (χ2v) is 10.6. The van der Waals surface area contributed by atoms with Gasteiger partial charge in [0.2, 0.25) is 0 Å². The molecule has 1 amide bonds. The van der Waals surface area contributed by atoms with Crippen molar-refractivity contribution in [1.29, 1.82) is 5.41 Å². The Labute approximate surface area is 213 Å². The molecule has 2 aliphatic rings. The van der Waals surface area contributed by atoms with Gasteiger partial charge in [0.25, 0.3) is 26.1 Å². The number of anilines is 1. The van der Waals surface area contributed by atoms with Crippen molar-refractivity contribution in [2.45, 2.75) is 9.79 Å². The van der Waals surface area contributed by atoms with Crippen LogP contribution in [0.15, 0.2) is 56.7 Å². The summed E-state index contributed by atoms with van der Waals surface area (Å²) in [6, 6.07) is 7.93. The molecule has 2 aromatic rings. The molecule has 0 atom stereocenters. The first kappa shape index (κ1) is 26.7. The predicted octanol–water partition coefficient (Wildman–Crippen LogP) is 1.10. The lowest BCUT2D eigenvalue weighted by atomic mass is 9.89. The summed E-state index contributed by atoms with van der Waals surface area (Å²) in [5, 5.41) is 19.4. The van der Waals surface area contributed by atoms with E-state index in [4.69, 9.17) is 21.3 Å². The van der Waals surface area contributed by atoms with Crippen molar-refractivity contribution in [3.8, 4) is 22.5 Å². The first-order chi connectivity index (χ1) is 17.7. The molecule has 1 heterocycles. The van der Waals surface area contributed by atoms with E-state index in [9.17, 15) is 40.6 Å². The van der Waals surface area contributed by atoms with Crippen molar-refractivity contribution < 1.29 is 45.1 Å². The van der Waals surface area contributed by atoms with E-state index in [-0.39, 0.29) is 34.3 Å². The number of rotatable bonds is 6. The van der Waals surface area contributed by atoms with Gasteiger partial charge in [-0.1, -0.05) is 0 Å². The summed E-state index contributed by atoms with van der Waals surface area (Å²) in [5.74, 6) is -2.88. The maximum absolute atomic E-state index is 12.5. The normalized spacial score (nSPS) is 12.1. The molecule has 0 spiro atoms. The smallest absolute Gasteiger partial charge is 0.336 e. The van der Waals surface area contributed by atoms with E-state index in [1.54, 1.807) is 0 Å². The predicted molar refractivity (Wildman–Crippen MR) is 132 cm³/mol. The summed E-state index contributed by atoms with van der Waals surface area (Å²) < 4.78 is 74.2. The Balaban J connectivity index is 2.35. The Morgan fingerprint density at radius 1 is 0.947 bits per heavy atom. The molecule has 4 rings (SSSR count). The quantitative estimate of drug-likeness (QED) is 0.0753. The van der Waals surface area contributed by atoms with Gasteiger partial charge in [0.05, 0.1) is 23.3 Å². The average molecular weight is 563 g/mol. The standard InChI is InChI=1S/C22H18N4O10S2/c23-8-26-21(27)9-1-2-10(22(28)29)13(7-9)16-11-3-5-14(24)19(37(30,31)32)17(11)36-18-12(16)4-6-15(25)20(18)38(33,34)35/h1-7,24H,8,23,25H2,(H,26,27)(H,28,29)(H,30,31,32)(H,33,34,35). The molecule has 198 valence electrons. The van der Waals surface area contributed by atoms with Crippen molar-refractivity contribution in [2.75, 3.05) is 12.4 Å². The van der Waals surface area contributed by atoms with Crippen LogP contribution in [0.3, 0.4) is 0 Å². The van der Waals surface area contributed by atoms with E-state index in [1.807, 2.05) is 0 Å². The van der Waals surface area contributed by atoms with Gasteiger partial charge in [-0.15, -0.1) is 0 Å². The van der Waals surface area contributed by atoms with Gasteiger partial charge < -0.3 is 26.3 Å². The molecule has 0 radical (unpaired) electrons. The van der Waals surface area contributed by atoms with Crippen LogP contribution in [-0.2, 0) is 20.2 Å². The molecular formula is C22H18N4O10S2.